The van der Waals surface area contributed by atoms with E-state index in [0.29, 0.717) is 22.6 Å². The van der Waals surface area contributed by atoms with Gasteiger partial charge in [-0.1, -0.05) is 0 Å². The molecule has 1 aliphatic heterocycles. The number of aromatic amines is 1. The number of fused-ring (bicyclic) bond motifs is 1. The Bertz CT molecular complexity index is 1080. The Morgan fingerprint density at radius 3 is 2.55 bits per heavy atom. The minimum Gasteiger partial charge on any atom is -0.406 e. The van der Waals surface area contributed by atoms with Crippen LogP contribution in [0.5, 0.6) is 5.75 Å². The average molecular weight is 432 g/mol. The molecule has 0 saturated carbocycles. The van der Waals surface area contributed by atoms with Gasteiger partial charge in [-0.15, -0.1) is 13.2 Å². The number of aromatic nitrogens is 1. The Balaban J connectivity index is 1.42. The van der Waals surface area contributed by atoms with E-state index in [9.17, 15) is 18.0 Å². The monoisotopic (exact) mass is 432 g/mol. The highest BCUT2D eigenvalue weighted by atomic mass is 19.4. The molecule has 1 fully saturated rings. The number of hydrogen-bond acceptors (Lipinski definition) is 4. The molecular weight excluding hydrogens is 409 g/mol. The van der Waals surface area contributed by atoms with Crippen molar-refractivity contribution in [2.75, 3.05) is 37.4 Å². The minimum atomic E-state index is -4.77. The van der Waals surface area contributed by atoms with Gasteiger partial charge in [0.1, 0.15) is 11.4 Å². The summed E-state index contributed by atoms with van der Waals surface area (Å²) in [6.45, 7) is 1.96. The molecule has 1 aromatic heterocycles. The second kappa shape index (κ2) is 8.14. The van der Waals surface area contributed by atoms with Crippen LogP contribution in [-0.2, 0) is 0 Å². The molecule has 1 unspecified atom stereocenters. The number of likely N-dealkylation sites (N-methyl/N-ethyl adjacent to an activating group) is 1. The predicted molar refractivity (Wildman–Crippen MR) is 114 cm³/mol. The highest BCUT2D eigenvalue weighted by Gasteiger charge is 2.31. The molecule has 1 aliphatic rings. The lowest BCUT2D eigenvalue weighted by Gasteiger charge is -2.22. The molecule has 0 aliphatic carbocycles. The van der Waals surface area contributed by atoms with Gasteiger partial charge in [0.05, 0.1) is 0 Å². The SMILES string of the molecule is CN(C)C1CCN(c2ccc(NC(=O)c3cc4cc(OC(F)(F)F)ccc4[nH]3)cc2)C1. The van der Waals surface area contributed by atoms with Gasteiger partial charge in [0.25, 0.3) is 5.91 Å². The summed E-state index contributed by atoms with van der Waals surface area (Å²) in [5.74, 6) is -0.712. The van der Waals surface area contributed by atoms with Gasteiger partial charge in [0.15, 0.2) is 0 Å². The Morgan fingerprint density at radius 1 is 1.16 bits per heavy atom. The van der Waals surface area contributed by atoms with Crippen LogP contribution in [0.2, 0.25) is 0 Å². The van der Waals surface area contributed by atoms with E-state index < -0.39 is 6.36 Å². The van der Waals surface area contributed by atoms with E-state index in [1.165, 1.54) is 24.3 Å². The molecular formula is C22H23F3N4O2. The third-order valence-electron chi connectivity index (χ3n) is 5.45. The van der Waals surface area contributed by atoms with Crippen LogP contribution >= 0.6 is 0 Å². The number of nitrogens with one attached hydrogen (secondary N) is 2. The molecule has 31 heavy (non-hydrogen) atoms. The Kier molecular flexibility index (Phi) is 5.53. The lowest BCUT2D eigenvalue weighted by Crippen LogP contribution is -2.31. The summed E-state index contributed by atoms with van der Waals surface area (Å²) in [7, 11) is 4.17. The first-order valence-electron chi connectivity index (χ1n) is 9.89. The number of ether oxygens (including phenoxy) is 1. The highest BCUT2D eigenvalue weighted by Crippen LogP contribution is 2.28. The summed E-state index contributed by atoms with van der Waals surface area (Å²) < 4.78 is 41.1. The van der Waals surface area contributed by atoms with Gasteiger partial charge in [0, 0.05) is 41.4 Å². The van der Waals surface area contributed by atoms with Crippen LogP contribution in [0.15, 0.2) is 48.5 Å². The molecule has 1 saturated heterocycles. The van der Waals surface area contributed by atoms with Crippen molar-refractivity contribution < 1.29 is 22.7 Å². The van der Waals surface area contributed by atoms with Crippen LogP contribution in [0, 0.1) is 0 Å². The van der Waals surface area contributed by atoms with Crippen LogP contribution in [0.3, 0.4) is 0 Å². The van der Waals surface area contributed by atoms with Crippen molar-refractivity contribution in [2.45, 2.75) is 18.8 Å². The summed E-state index contributed by atoms with van der Waals surface area (Å²) in [6.07, 6.45) is -3.65. The largest absolute Gasteiger partial charge is 0.573 e. The van der Waals surface area contributed by atoms with Crippen molar-refractivity contribution in [1.29, 1.82) is 0 Å². The number of anilines is 2. The molecule has 164 valence electrons. The van der Waals surface area contributed by atoms with Crippen LogP contribution < -0.4 is 15.0 Å². The zero-order chi connectivity index (χ0) is 22.2. The van der Waals surface area contributed by atoms with Crippen molar-refractivity contribution in [1.82, 2.24) is 9.88 Å². The number of amides is 1. The summed E-state index contributed by atoms with van der Waals surface area (Å²) in [6, 6.07) is 13.5. The van der Waals surface area contributed by atoms with Crippen LogP contribution in [0.25, 0.3) is 10.9 Å². The molecule has 2 heterocycles. The minimum absolute atomic E-state index is 0.247. The first-order chi connectivity index (χ1) is 14.7. The van der Waals surface area contributed by atoms with Crippen molar-refractivity contribution >= 4 is 28.2 Å². The number of alkyl halides is 3. The molecule has 9 heteroatoms. The maximum atomic E-state index is 12.6. The van der Waals surface area contributed by atoms with E-state index >= 15 is 0 Å². The van der Waals surface area contributed by atoms with E-state index in [-0.39, 0.29) is 17.4 Å². The van der Waals surface area contributed by atoms with Crippen molar-refractivity contribution in [3.05, 3.63) is 54.2 Å². The van der Waals surface area contributed by atoms with E-state index in [0.717, 1.165) is 25.2 Å². The molecule has 0 radical (unpaired) electrons. The van der Waals surface area contributed by atoms with Gasteiger partial charge in [-0.05, 0) is 69.0 Å². The number of nitrogens with zero attached hydrogens (tertiary/aromatic N) is 2. The summed E-state index contributed by atoms with van der Waals surface area (Å²) >= 11 is 0. The number of H-pyrrole nitrogens is 1. The fourth-order valence-electron chi connectivity index (χ4n) is 3.78. The smallest absolute Gasteiger partial charge is 0.406 e. The number of rotatable bonds is 5. The lowest BCUT2D eigenvalue weighted by atomic mass is 10.2. The second-order valence-electron chi connectivity index (χ2n) is 7.83. The fourth-order valence-corrected chi connectivity index (χ4v) is 3.78. The van der Waals surface area contributed by atoms with Crippen LogP contribution in [-0.4, -0.2) is 55.4 Å². The standard InChI is InChI=1S/C22H23F3N4O2/c1-28(2)17-9-10-29(13-17)16-5-3-15(4-6-16)26-21(30)20-12-14-11-18(31-22(23,24)25)7-8-19(14)27-20/h3-8,11-12,17,27H,9-10,13H2,1-2H3,(H,26,30). The van der Waals surface area contributed by atoms with E-state index in [1.807, 2.05) is 24.3 Å². The number of carbonyl (C=O) groups excluding carboxylic acids is 1. The van der Waals surface area contributed by atoms with Gasteiger partial charge in [0.2, 0.25) is 0 Å². The van der Waals surface area contributed by atoms with Crippen molar-refractivity contribution in [3.8, 4) is 5.75 Å². The molecule has 1 atom stereocenters. The molecule has 3 aromatic rings. The number of halogens is 3. The van der Waals surface area contributed by atoms with Gasteiger partial charge in [-0.2, -0.15) is 0 Å². The second-order valence-corrected chi connectivity index (χ2v) is 7.83. The Morgan fingerprint density at radius 2 is 1.90 bits per heavy atom. The van der Waals surface area contributed by atoms with E-state index in [4.69, 9.17) is 0 Å². The summed E-state index contributed by atoms with van der Waals surface area (Å²) in [5.41, 5.74) is 2.53. The average Bonchev–Trinajstić information content (AvgIpc) is 3.34. The maximum absolute atomic E-state index is 12.6. The molecule has 2 aromatic carbocycles. The molecule has 4 rings (SSSR count). The van der Waals surface area contributed by atoms with Gasteiger partial charge < -0.3 is 24.8 Å². The molecule has 2 N–H and O–H groups in total. The van der Waals surface area contributed by atoms with Crippen molar-refractivity contribution in [3.63, 3.8) is 0 Å². The third kappa shape index (κ3) is 4.93. The molecule has 0 bridgehead atoms. The quantitative estimate of drug-likeness (QED) is 0.625. The van der Waals surface area contributed by atoms with Gasteiger partial charge in [-0.25, -0.2) is 0 Å². The van der Waals surface area contributed by atoms with E-state index in [2.05, 4.69) is 38.9 Å². The summed E-state index contributed by atoms with van der Waals surface area (Å²) in [4.78, 5) is 20.0. The van der Waals surface area contributed by atoms with Crippen LogP contribution in [0.1, 0.15) is 16.9 Å². The number of carbonyl (C=O) groups is 1. The van der Waals surface area contributed by atoms with Crippen molar-refractivity contribution in [2.24, 2.45) is 0 Å². The van der Waals surface area contributed by atoms with Gasteiger partial charge in [-0.3, -0.25) is 4.79 Å². The Labute approximate surface area is 177 Å². The summed E-state index contributed by atoms with van der Waals surface area (Å²) in [5, 5.41) is 3.26. The van der Waals surface area contributed by atoms with E-state index in [1.54, 1.807) is 0 Å². The van der Waals surface area contributed by atoms with Gasteiger partial charge >= 0.3 is 6.36 Å². The molecule has 6 nitrogen and oxygen atoms in total. The van der Waals surface area contributed by atoms with Crippen LogP contribution in [0.4, 0.5) is 24.5 Å². The third-order valence-corrected chi connectivity index (χ3v) is 5.45. The zero-order valence-electron chi connectivity index (χ0n) is 17.2. The molecule has 1 amide bonds. The maximum Gasteiger partial charge on any atom is 0.573 e. The topological polar surface area (TPSA) is 60.6 Å². The highest BCUT2D eigenvalue weighted by molar-refractivity contribution is 6.06. The normalized spacial score (nSPS) is 16.8. The number of hydrogen-bond donors (Lipinski definition) is 2. The first kappa shape index (κ1) is 21.0. The molecule has 0 spiro atoms. The predicted octanol–water partition coefficient (Wildman–Crippen LogP) is 4.46. The zero-order valence-corrected chi connectivity index (χ0v) is 17.2. The first-order valence-corrected chi connectivity index (χ1v) is 9.89. The fraction of sp³-hybridized carbons (Fsp3) is 0.318. The Hall–Kier alpha value is -3.20. The number of benzene rings is 2. The lowest BCUT2D eigenvalue weighted by molar-refractivity contribution is -0.274.